The Balaban J connectivity index is 2.65. The summed E-state index contributed by atoms with van der Waals surface area (Å²) in [5.41, 5.74) is 3.61. The van der Waals surface area contributed by atoms with Crippen LogP contribution in [0.1, 0.15) is 17.0 Å². The van der Waals surface area contributed by atoms with Crippen LogP contribution in [-0.2, 0) is 0 Å². The van der Waals surface area contributed by atoms with Gasteiger partial charge in [0, 0.05) is 5.69 Å². The summed E-state index contributed by atoms with van der Waals surface area (Å²) in [6.45, 7) is 3.96. The van der Waals surface area contributed by atoms with Crippen LogP contribution < -0.4 is 0 Å². The lowest BCUT2D eigenvalue weighted by molar-refractivity contribution is 0.996. The summed E-state index contributed by atoms with van der Waals surface area (Å²) in [7, 11) is 0. The molecule has 0 spiro atoms. The number of imidazole rings is 1. The van der Waals surface area contributed by atoms with Crippen LogP contribution in [0.5, 0.6) is 0 Å². The van der Waals surface area contributed by atoms with Crippen molar-refractivity contribution in [2.45, 2.75) is 13.8 Å². The van der Waals surface area contributed by atoms with Crippen molar-refractivity contribution in [2.75, 3.05) is 0 Å². The van der Waals surface area contributed by atoms with Gasteiger partial charge in [0.05, 0.1) is 23.3 Å². The van der Waals surface area contributed by atoms with E-state index in [1.54, 1.807) is 6.33 Å². The van der Waals surface area contributed by atoms with Crippen LogP contribution in [0.15, 0.2) is 30.6 Å². The third kappa shape index (κ3) is 1.50. The zero-order chi connectivity index (χ0) is 10.8. The molecule has 0 bridgehead atoms. The van der Waals surface area contributed by atoms with Gasteiger partial charge >= 0.3 is 0 Å². The smallest absolute Gasteiger partial charge is 0.101 e. The van der Waals surface area contributed by atoms with Gasteiger partial charge in [-0.15, -0.1) is 0 Å². The zero-order valence-electron chi connectivity index (χ0n) is 8.73. The quantitative estimate of drug-likeness (QED) is 0.704. The highest BCUT2D eigenvalue weighted by atomic mass is 15.1. The van der Waals surface area contributed by atoms with Gasteiger partial charge in [0.25, 0.3) is 0 Å². The average molecular weight is 197 g/mol. The highest BCUT2D eigenvalue weighted by Gasteiger charge is 2.07. The van der Waals surface area contributed by atoms with Gasteiger partial charge in [-0.1, -0.05) is 12.1 Å². The standard InChI is InChI=1S/C12H11N3/c1-9-10(2)15(8-14-9)12-6-4-3-5-11(12)7-13/h3-6,8H,1-2H3. The van der Waals surface area contributed by atoms with Crippen molar-refractivity contribution in [1.82, 2.24) is 9.55 Å². The molecule has 3 heteroatoms. The Kier molecular flexibility index (Phi) is 2.26. The van der Waals surface area contributed by atoms with E-state index in [2.05, 4.69) is 11.1 Å². The van der Waals surface area contributed by atoms with Gasteiger partial charge < -0.3 is 4.57 Å². The Bertz CT molecular complexity index is 532. The fraction of sp³-hybridized carbons (Fsp3) is 0.167. The van der Waals surface area contributed by atoms with Crippen molar-refractivity contribution in [2.24, 2.45) is 0 Å². The molecule has 0 atom stereocenters. The molecule has 0 unspecified atom stereocenters. The van der Waals surface area contributed by atoms with E-state index in [4.69, 9.17) is 5.26 Å². The highest BCUT2D eigenvalue weighted by molar-refractivity contribution is 5.49. The molecule has 0 saturated heterocycles. The SMILES string of the molecule is Cc1ncn(-c2ccccc2C#N)c1C. The molecule has 1 heterocycles. The predicted molar refractivity (Wildman–Crippen MR) is 57.8 cm³/mol. The van der Waals surface area contributed by atoms with Crippen molar-refractivity contribution in [3.63, 3.8) is 0 Å². The number of aromatic nitrogens is 2. The van der Waals surface area contributed by atoms with Gasteiger partial charge in [-0.3, -0.25) is 0 Å². The second kappa shape index (κ2) is 3.58. The number of para-hydroxylation sites is 1. The largest absolute Gasteiger partial charge is 0.302 e. The van der Waals surface area contributed by atoms with Gasteiger partial charge in [0.15, 0.2) is 0 Å². The molecule has 0 amide bonds. The molecule has 1 aromatic heterocycles. The monoisotopic (exact) mass is 197 g/mol. The minimum absolute atomic E-state index is 0.665. The first kappa shape index (κ1) is 9.47. The van der Waals surface area contributed by atoms with E-state index in [0.717, 1.165) is 17.1 Å². The highest BCUT2D eigenvalue weighted by Crippen LogP contribution is 2.17. The second-order valence-electron chi connectivity index (χ2n) is 3.41. The lowest BCUT2D eigenvalue weighted by Gasteiger charge is -2.06. The van der Waals surface area contributed by atoms with Crippen molar-refractivity contribution >= 4 is 0 Å². The molecule has 0 saturated carbocycles. The van der Waals surface area contributed by atoms with Crippen molar-refractivity contribution < 1.29 is 0 Å². The van der Waals surface area contributed by atoms with Crippen LogP contribution >= 0.6 is 0 Å². The summed E-state index contributed by atoms with van der Waals surface area (Å²) in [5.74, 6) is 0. The van der Waals surface area contributed by atoms with E-state index < -0.39 is 0 Å². The van der Waals surface area contributed by atoms with Gasteiger partial charge in [-0.2, -0.15) is 5.26 Å². The predicted octanol–water partition coefficient (Wildman–Crippen LogP) is 2.36. The van der Waals surface area contributed by atoms with E-state index in [1.807, 2.05) is 42.7 Å². The normalized spacial score (nSPS) is 9.93. The summed E-state index contributed by atoms with van der Waals surface area (Å²) in [5, 5.41) is 8.99. The first-order chi connectivity index (χ1) is 7.24. The van der Waals surface area contributed by atoms with Crippen LogP contribution in [0.2, 0.25) is 0 Å². The van der Waals surface area contributed by atoms with E-state index in [-0.39, 0.29) is 0 Å². The Morgan fingerprint density at radius 1 is 1.27 bits per heavy atom. The maximum Gasteiger partial charge on any atom is 0.101 e. The fourth-order valence-electron chi connectivity index (χ4n) is 1.52. The molecular formula is C12H11N3. The molecule has 3 nitrogen and oxygen atoms in total. The summed E-state index contributed by atoms with van der Waals surface area (Å²) >= 11 is 0. The molecule has 0 aliphatic carbocycles. The van der Waals surface area contributed by atoms with Gasteiger partial charge in [-0.05, 0) is 26.0 Å². The third-order valence-electron chi connectivity index (χ3n) is 2.54. The Hall–Kier alpha value is -2.08. The minimum Gasteiger partial charge on any atom is -0.302 e. The number of rotatable bonds is 1. The first-order valence-electron chi connectivity index (χ1n) is 4.74. The molecule has 0 aliphatic rings. The molecule has 1 aromatic carbocycles. The van der Waals surface area contributed by atoms with E-state index in [1.165, 1.54) is 0 Å². The lowest BCUT2D eigenvalue weighted by Crippen LogP contribution is -1.98. The van der Waals surface area contributed by atoms with E-state index in [0.29, 0.717) is 5.56 Å². The Morgan fingerprint density at radius 3 is 2.60 bits per heavy atom. The zero-order valence-corrected chi connectivity index (χ0v) is 8.73. The number of benzene rings is 1. The summed E-state index contributed by atoms with van der Waals surface area (Å²) in [6, 6.07) is 9.70. The first-order valence-corrected chi connectivity index (χ1v) is 4.74. The molecule has 2 aromatic rings. The van der Waals surface area contributed by atoms with E-state index in [9.17, 15) is 0 Å². The van der Waals surface area contributed by atoms with Crippen molar-refractivity contribution in [3.05, 3.63) is 47.5 Å². The third-order valence-corrected chi connectivity index (χ3v) is 2.54. The Morgan fingerprint density at radius 2 is 2.00 bits per heavy atom. The van der Waals surface area contributed by atoms with Gasteiger partial charge in [0.1, 0.15) is 6.07 Å². The lowest BCUT2D eigenvalue weighted by atomic mass is 10.2. The second-order valence-corrected chi connectivity index (χ2v) is 3.41. The molecule has 15 heavy (non-hydrogen) atoms. The molecule has 0 N–H and O–H groups in total. The average Bonchev–Trinajstić information content (AvgIpc) is 2.60. The molecular weight excluding hydrogens is 186 g/mol. The van der Waals surface area contributed by atoms with Crippen molar-refractivity contribution in [3.8, 4) is 11.8 Å². The number of nitrogens with zero attached hydrogens (tertiary/aromatic N) is 3. The minimum atomic E-state index is 0.665. The fourth-order valence-corrected chi connectivity index (χ4v) is 1.52. The molecule has 0 fully saturated rings. The molecule has 0 aliphatic heterocycles. The van der Waals surface area contributed by atoms with Crippen molar-refractivity contribution in [1.29, 1.82) is 5.26 Å². The number of nitriles is 1. The summed E-state index contributed by atoms with van der Waals surface area (Å²) in [6.07, 6.45) is 1.75. The molecule has 74 valence electrons. The van der Waals surface area contributed by atoms with Crippen LogP contribution in [0.25, 0.3) is 5.69 Å². The van der Waals surface area contributed by atoms with Crippen LogP contribution in [0.3, 0.4) is 0 Å². The van der Waals surface area contributed by atoms with Crippen LogP contribution in [0, 0.1) is 25.2 Å². The molecule has 2 rings (SSSR count). The number of aryl methyl sites for hydroxylation is 1. The Labute approximate surface area is 88.6 Å². The van der Waals surface area contributed by atoms with Gasteiger partial charge in [0.2, 0.25) is 0 Å². The van der Waals surface area contributed by atoms with Gasteiger partial charge in [-0.25, -0.2) is 4.98 Å². The van der Waals surface area contributed by atoms with E-state index >= 15 is 0 Å². The summed E-state index contributed by atoms with van der Waals surface area (Å²) in [4.78, 5) is 4.22. The topological polar surface area (TPSA) is 41.6 Å². The maximum atomic E-state index is 8.99. The maximum absolute atomic E-state index is 8.99. The summed E-state index contributed by atoms with van der Waals surface area (Å²) < 4.78 is 1.94. The van der Waals surface area contributed by atoms with Crippen LogP contribution in [0.4, 0.5) is 0 Å². The number of hydrogen-bond donors (Lipinski definition) is 0. The molecule has 0 radical (unpaired) electrons. The van der Waals surface area contributed by atoms with Crippen LogP contribution in [-0.4, -0.2) is 9.55 Å². The number of hydrogen-bond acceptors (Lipinski definition) is 2.